The molecule has 23 heavy (non-hydrogen) atoms. The van der Waals surface area contributed by atoms with E-state index in [9.17, 15) is 8.42 Å². The van der Waals surface area contributed by atoms with E-state index in [1.165, 1.54) is 25.8 Å². The topological polar surface area (TPSA) is 64.6 Å². The molecule has 1 N–H and O–H groups in total. The van der Waals surface area contributed by atoms with E-state index in [2.05, 4.69) is 4.72 Å². The van der Waals surface area contributed by atoms with Gasteiger partial charge >= 0.3 is 0 Å². The van der Waals surface area contributed by atoms with Crippen LogP contribution in [0.2, 0.25) is 0 Å². The van der Waals surface area contributed by atoms with Crippen molar-refractivity contribution in [2.45, 2.75) is 25.3 Å². The summed E-state index contributed by atoms with van der Waals surface area (Å²) in [5.41, 5.74) is 3.20. The Balaban J connectivity index is 2.26. The van der Waals surface area contributed by atoms with Crippen LogP contribution >= 0.6 is 0 Å². The molecule has 2 rings (SSSR count). The number of methoxy groups -OCH3 is 2. The number of rotatable bonds is 6. The highest BCUT2D eigenvalue weighted by atomic mass is 32.2. The molecular weight excluding hydrogens is 314 g/mol. The first-order valence-corrected chi connectivity index (χ1v) is 8.63. The van der Waals surface area contributed by atoms with Crippen LogP contribution in [-0.2, 0) is 16.6 Å². The van der Waals surface area contributed by atoms with Crippen LogP contribution in [0, 0.1) is 13.8 Å². The predicted octanol–water partition coefficient (Wildman–Crippen LogP) is 2.80. The molecule has 0 heterocycles. The highest BCUT2D eigenvalue weighted by Gasteiger charge is 2.20. The van der Waals surface area contributed by atoms with E-state index in [1.807, 2.05) is 32.0 Å². The lowest BCUT2D eigenvalue weighted by Gasteiger charge is -2.12. The molecule has 2 aromatic carbocycles. The number of aryl methyl sites for hydroxylation is 2. The number of benzene rings is 2. The molecule has 0 aliphatic rings. The van der Waals surface area contributed by atoms with Gasteiger partial charge in [-0.25, -0.2) is 13.1 Å². The largest absolute Gasteiger partial charge is 0.497 e. The van der Waals surface area contributed by atoms with Crippen LogP contribution in [-0.4, -0.2) is 22.6 Å². The first-order chi connectivity index (χ1) is 10.9. The van der Waals surface area contributed by atoms with Crippen molar-refractivity contribution < 1.29 is 17.9 Å². The van der Waals surface area contributed by atoms with E-state index in [4.69, 9.17) is 9.47 Å². The van der Waals surface area contributed by atoms with E-state index < -0.39 is 10.0 Å². The molecule has 5 nitrogen and oxygen atoms in total. The minimum absolute atomic E-state index is 0.0585. The van der Waals surface area contributed by atoms with Gasteiger partial charge in [-0.3, -0.25) is 0 Å². The van der Waals surface area contributed by atoms with E-state index in [0.29, 0.717) is 5.75 Å². The fourth-order valence-electron chi connectivity index (χ4n) is 2.16. The number of sulfonamides is 1. The molecule has 0 amide bonds. The Morgan fingerprint density at radius 2 is 1.70 bits per heavy atom. The number of ether oxygens (including phenoxy) is 2. The van der Waals surface area contributed by atoms with Gasteiger partial charge in [0.25, 0.3) is 0 Å². The summed E-state index contributed by atoms with van der Waals surface area (Å²) in [7, 11) is -0.790. The van der Waals surface area contributed by atoms with Crippen molar-refractivity contribution in [3.63, 3.8) is 0 Å². The standard InChI is InChI=1S/C17H21NO4S/c1-12-5-6-14(9-13(12)2)11-18-23(19,20)17-10-15(21-3)7-8-16(17)22-4/h5-10,18H,11H2,1-4H3. The van der Waals surface area contributed by atoms with Crippen molar-refractivity contribution in [2.75, 3.05) is 14.2 Å². The molecule has 0 saturated heterocycles. The molecule has 2 aromatic rings. The molecule has 124 valence electrons. The zero-order valence-electron chi connectivity index (χ0n) is 13.7. The summed E-state index contributed by atoms with van der Waals surface area (Å²) >= 11 is 0. The molecule has 0 aliphatic heterocycles. The minimum atomic E-state index is -3.71. The van der Waals surface area contributed by atoms with Crippen molar-refractivity contribution >= 4 is 10.0 Å². The third-order valence-electron chi connectivity index (χ3n) is 3.70. The van der Waals surface area contributed by atoms with Crippen molar-refractivity contribution in [1.82, 2.24) is 4.72 Å². The first kappa shape index (κ1) is 17.3. The van der Waals surface area contributed by atoms with Crippen LogP contribution in [0.5, 0.6) is 11.5 Å². The van der Waals surface area contributed by atoms with Gasteiger partial charge in [0, 0.05) is 12.6 Å². The van der Waals surface area contributed by atoms with Crippen LogP contribution in [0.15, 0.2) is 41.3 Å². The predicted molar refractivity (Wildman–Crippen MR) is 89.5 cm³/mol. The van der Waals surface area contributed by atoms with Crippen LogP contribution in [0.25, 0.3) is 0 Å². The van der Waals surface area contributed by atoms with E-state index in [0.717, 1.165) is 11.1 Å². The molecule has 6 heteroatoms. The fraction of sp³-hybridized carbons (Fsp3) is 0.294. The minimum Gasteiger partial charge on any atom is -0.497 e. The summed E-state index contributed by atoms with van der Waals surface area (Å²) in [6.45, 7) is 4.23. The summed E-state index contributed by atoms with van der Waals surface area (Å²) in [5.74, 6) is 0.732. The second-order valence-corrected chi connectivity index (χ2v) is 7.00. The maximum absolute atomic E-state index is 12.6. The van der Waals surface area contributed by atoms with Gasteiger partial charge in [-0.05, 0) is 42.7 Å². The SMILES string of the molecule is COc1ccc(OC)c(S(=O)(=O)NCc2ccc(C)c(C)c2)c1. The summed E-state index contributed by atoms with van der Waals surface area (Å²) in [5, 5.41) is 0. The van der Waals surface area contributed by atoms with Crippen molar-refractivity contribution in [2.24, 2.45) is 0 Å². The highest BCUT2D eigenvalue weighted by Crippen LogP contribution is 2.28. The smallest absolute Gasteiger partial charge is 0.244 e. The van der Waals surface area contributed by atoms with E-state index >= 15 is 0 Å². The number of hydrogen-bond acceptors (Lipinski definition) is 4. The van der Waals surface area contributed by atoms with E-state index in [1.54, 1.807) is 12.1 Å². The maximum atomic E-state index is 12.6. The second kappa shape index (κ2) is 7.02. The van der Waals surface area contributed by atoms with Gasteiger partial charge in [-0.2, -0.15) is 0 Å². The summed E-state index contributed by atoms with van der Waals surface area (Å²) in [4.78, 5) is 0.0585. The molecule has 0 radical (unpaired) electrons. The normalized spacial score (nSPS) is 11.3. The molecule has 0 bridgehead atoms. The molecule has 0 aliphatic carbocycles. The molecule has 0 aromatic heterocycles. The third-order valence-corrected chi connectivity index (χ3v) is 5.12. The molecule has 0 saturated carbocycles. The Bertz CT molecular complexity index is 800. The molecular formula is C17H21NO4S. The summed E-state index contributed by atoms with van der Waals surface area (Å²) in [6, 6.07) is 10.5. The van der Waals surface area contributed by atoms with Gasteiger partial charge in [0.1, 0.15) is 16.4 Å². The highest BCUT2D eigenvalue weighted by molar-refractivity contribution is 7.89. The molecule has 0 spiro atoms. The van der Waals surface area contributed by atoms with Gasteiger partial charge in [0.05, 0.1) is 14.2 Å². The lowest BCUT2D eigenvalue weighted by Crippen LogP contribution is -2.24. The van der Waals surface area contributed by atoms with Gasteiger partial charge in [0.2, 0.25) is 10.0 Å². The summed E-state index contributed by atoms with van der Waals surface area (Å²) < 4.78 is 38.0. The lowest BCUT2D eigenvalue weighted by molar-refractivity contribution is 0.392. The Labute approximate surface area is 137 Å². The van der Waals surface area contributed by atoms with Gasteiger partial charge in [-0.15, -0.1) is 0 Å². The first-order valence-electron chi connectivity index (χ1n) is 7.15. The Morgan fingerprint density at radius 1 is 0.957 bits per heavy atom. The monoisotopic (exact) mass is 335 g/mol. The lowest BCUT2D eigenvalue weighted by atomic mass is 10.1. The zero-order valence-corrected chi connectivity index (χ0v) is 14.5. The molecule has 0 unspecified atom stereocenters. The van der Waals surface area contributed by atoms with Crippen molar-refractivity contribution in [3.8, 4) is 11.5 Å². The molecule has 0 atom stereocenters. The fourth-order valence-corrected chi connectivity index (χ4v) is 3.36. The Hall–Kier alpha value is -2.05. The van der Waals surface area contributed by atoms with Crippen LogP contribution in [0.3, 0.4) is 0 Å². The quantitative estimate of drug-likeness (QED) is 0.882. The van der Waals surface area contributed by atoms with Gasteiger partial charge in [-0.1, -0.05) is 18.2 Å². The van der Waals surface area contributed by atoms with Crippen LogP contribution < -0.4 is 14.2 Å². The number of hydrogen-bond donors (Lipinski definition) is 1. The zero-order chi connectivity index (χ0) is 17.0. The van der Waals surface area contributed by atoms with Crippen LogP contribution in [0.1, 0.15) is 16.7 Å². The maximum Gasteiger partial charge on any atom is 0.244 e. The average molecular weight is 335 g/mol. The third kappa shape index (κ3) is 4.03. The Morgan fingerprint density at radius 3 is 2.30 bits per heavy atom. The van der Waals surface area contributed by atoms with Crippen LogP contribution in [0.4, 0.5) is 0 Å². The average Bonchev–Trinajstić information content (AvgIpc) is 2.55. The van der Waals surface area contributed by atoms with E-state index in [-0.39, 0.29) is 17.2 Å². The van der Waals surface area contributed by atoms with Crippen molar-refractivity contribution in [1.29, 1.82) is 0 Å². The van der Waals surface area contributed by atoms with Gasteiger partial charge < -0.3 is 9.47 Å². The molecule has 0 fully saturated rings. The Kier molecular flexibility index (Phi) is 5.28. The van der Waals surface area contributed by atoms with Gasteiger partial charge in [0.15, 0.2) is 0 Å². The summed E-state index contributed by atoms with van der Waals surface area (Å²) in [6.07, 6.45) is 0. The van der Waals surface area contributed by atoms with Crippen molar-refractivity contribution in [3.05, 3.63) is 53.1 Å². The number of nitrogens with one attached hydrogen (secondary N) is 1. The second-order valence-electron chi connectivity index (χ2n) is 5.26.